The van der Waals surface area contributed by atoms with Gasteiger partial charge in [0.1, 0.15) is 11.3 Å². The van der Waals surface area contributed by atoms with Crippen LogP contribution in [0.3, 0.4) is 0 Å². The highest BCUT2D eigenvalue weighted by Crippen LogP contribution is 2.23. The van der Waals surface area contributed by atoms with Gasteiger partial charge in [-0.05, 0) is 18.2 Å². The fraction of sp³-hybridized carbons (Fsp3) is 0.0833. The van der Waals surface area contributed by atoms with Gasteiger partial charge in [-0.2, -0.15) is 0 Å². The van der Waals surface area contributed by atoms with E-state index < -0.39 is 11.8 Å². The van der Waals surface area contributed by atoms with Crippen molar-refractivity contribution in [2.75, 3.05) is 5.32 Å². The monoisotopic (exact) mass is 269 g/mol. The van der Waals surface area contributed by atoms with Crippen LogP contribution in [-0.4, -0.2) is 11.1 Å². The molecule has 4 nitrogen and oxygen atoms in total. The van der Waals surface area contributed by atoms with Crippen molar-refractivity contribution in [3.8, 4) is 0 Å². The lowest BCUT2D eigenvalue weighted by Crippen LogP contribution is -2.05. The Hall–Kier alpha value is -2.01. The molecule has 0 unspecified atom stereocenters. The summed E-state index contributed by atoms with van der Waals surface area (Å²) in [4.78, 5) is 10.8. The predicted octanol–water partition coefficient (Wildman–Crippen LogP) is 3.38. The summed E-state index contributed by atoms with van der Waals surface area (Å²) in [5, 5.41) is 11.6. The zero-order valence-electron chi connectivity index (χ0n) is 9.11. The molecule has 0 saturated heterocycles. The fourth-order valence-electron chi connectivity index (χ4n) is 1.48. The van der Waals surface area contributed by atoms with Gasteiger partial charge in [0.25, 0.3) is 0 Å². The number of rotatable bonds is 4. The first-order valence-electron chi connectivity index (χ1n) is 5.07. The highest BCUT2D eigenvalue weighted by Gasteiger charge is 2.14. The molecular weight excluding hydrogens is 261 g/mol. The van der Waals surface area contributed by atoms with Gasteiger partial charge in [0.05, 0.1) is 23.5 Å². The average molecular weight is 270 g/mol. The summed E-state index contributed by atoms with van der Waals surface area (Å²) in [5.74, 6) is -1.45. The molecule has 0 bridgehead atoms. The minimum absolute atomic E-state index is 0.00194. The summed E-state index contributed by atoms with van der Waals surface area (Å²) >= 11 is 5.62. The van der Waals surface area contributed by atoms with Crippen molar-refractivity contribution in [3.63, 3.8) is 0 Å². The van der Waals surface area contributed by atoms with Crippen LogP contribution in [-0.2, 0) is 6.54 Å². The number of carbonyl (C=O) groups is 1. The van der Waals surface area contributed by atoms with E-state index in [1.807, 2.05) is 0 Å². The number of hydrogen-bond acceptors (Lipinski definition) is 3. The Kier molecular flexibility index (Phi) is 3.53. The number of hydrogen-bond donors (Lipinski definition) is 2. The lowest BCUT2D eigenvalue weighted by Gasteiger charge is -2.07. The third kappa shape index (κ3) is 2.46. The summed E-state index contributed by atoms with van der Waals surface area (Å²) in [6.07, 6.45) is 1.27. The molecule has 18 heavy (non-hydrogen) atoms. The van der Waals surface area contributed by atoms with E-state index in [2.05, 4.69) is 5.32 Å². The Bertz CT molecular complexity index is 582. The SMILES string of the molecule is O=C(O)c1ccoc1CNc1cccc(Cl)c1F. The van der Waals surface area contributed by atoms with Crippen LogP contribution >= 0.6 is 11.6 Å². The van der Waals surface area contributed by atoms with E-state index in [-0.39, 0.29) is 28.6 Å². The summed E-state index contributed by atoms with van der Waals surface area (Å²) in [7, 11) is 0. The average Bonchev–Trinajstić information content (AvgIpc) is 2.79. The summed E-state index contributed by atoms with van der Waals surface area (Å²) in [5.41, 5.74) is 0.236. The summed E-state index contributed by atoms with van der Waals surface area (Å²) in [6, 6.07) is 5.86. The molecule has 6 heteroatoms. The van der Waals surface area contributed by atoms with Gasteiger partial charge in [-0.25, -0.2) is 9.18 Å². The maximum Gasteiger partial charge on any atom is 0.339 e. The molecular formula is C12H9ClFNO3. The highest BCUT2D eigenvalue weighted by atomic mass is 35.5. The predicted molar refractivity (Wildman–Crippen MR) is 64.4 cm³/mol. The molecule has 0 amide bonds. The van der Waals surface area contributed by atoms with E-state index in [1.165, 1.54) is 24.5 Å². The van der Waals surface area contributed by atoms with E-state index in [0.29, 0.717) is 0 Å². The molecule has 0 aliphatic heterocycles. The maximum absolute atomic E-state index is 13.5. The van der Waals surface area contributed by atoms with Gasteiger partial charge < -0.3 is 14.8 Å². The Morgan fingerprint density at radius 2 is 2.22 bits per heavy atom. The number of halogens is 2. The molecule has 0 aliphatic carbocycles. The zero-order valence-corrected chi connectivity index (χ0v) is 9.87. The molecule has 0 aliphatic rings. The molecule has 2 N–H and O–H groups in total. The molecule has 0 radical (unpaired) electrons. The van der Waals surface area contributed by atoms with Gasteiger partial charge in [0.2, 0.25) is 0 Å². The highest BCUT2D eigenvalue weighted by molar-refractivity contribution is 6.31. The minimum atomic E-state index is -1.09. The van der Waals surface area contributed by atoms with Crippen molar-refractivity contribution in [1.82, 2.24) is 0 Å². The van der Waals surface area contributed by atoms with Crippen LogP contribution in [0.25, 0.3) is 0 Å². The third-order valence-electron chi connectivity index (χ3n) is 2.37. The van der Waals surface area contributed by atoms with Crippen LogP contribution in [0.1, 0.15) is 16.1 Å². The Morgan fingerprint density at radius 1 is 1.44 bits per heavy atom. The van der Waals surface area contributed by atoms with Crippen LogP contribution in [0.4, 0.5) is 10.1 Å². The van der Waals surface area contributed by atoms with Crippen LogP contribution in [0.2, 0.25) is 5.02 Å². The van der Waals surface area contributed by atoms with Crippen molar-refractivity contribution in [2.24, 2.45) is 0 Å². The van der Waals surface area contributed by atoms with Crippen LogP contribution in [0.5, 0.6) is 0 Å². The van der Waals surface area contributed by atoms with Gasteiger partial charge in [-0.1, -0.05) is 17.7 Å². The number of anilines is 1. The van der Waals surface area contributed by atoms with Gasteiger partial charge in [-0.15, -0.1) is 0 Å². The first-order valence-corrected chi connectivity index (χ1v) is 5.45. The molecule has 1 aromatic heterocycles. The second-order valence-corrected chi connectivity index (χ2v) is 3.92. The van der Waals surface area contributed by atoms with E-state index >= 15 is 0 Å². The number of furan rings is 1. The minimum Gasteiger partial charge on any atom is -0.478 e. The molecule has 0 fully saturated rings. The van der Waals surface area contributed by atoms with Crippen LogP contribution < -0.4 is 5.32 Å². The van der Waals surface area contributed by atoms with Crippen molar-refractivity contribution < 1.29 is 18.7 Å². The van der Waals surface area contributed by atoms with E-state index in [4.69, 9.17) is 21.1 Å². The number of carboxylic acid groups (broad SMARTS) is 1. The standard InChI is InChI=1S/C12H9ClFNO3/c13-8-2-1-3-9(11(8)14)15-6-10-7(12(16)17)4-5-18-10/h1-5,15H,6H2,(H,16,17). The first-order chi connectivity index (χ1) is 8.59. The first kappa shape index (κ1) is 12.4. The Balaban J connectivity index is 2.14. The second kappa shape index (κ2) is 5.10. The molecule has 2 rings (SSSR count). The van der Waals surface area contributed by atoms with Crippen LogP contribution in [0, 0.1) is 5.82 Å². The molecule has 1 aromatic carbocycles. The van der Waals surface area contributed by atoms with Crippen molar-refractivity contribution in [2.45, 2.75) is 6.54 Å². The molecule has 94 valence electrons. The van der Waals surface area contributed by atoms with Gasteiger partial charge in [0, 0.05) is 0 Å². The number of benzene rings is 1. The maximum atomic E-state index is 13.5. The third-order valence-corrected chi connectivity index (χ3v) is 2.66. The van der Waals surface area contributed by atoms with E-state index in [9.17, 15) is 9.18 Å². The van der Waals surface area contributed by atoms with E-state index in [0.717, 1.165) is 0 Å². The van der Waals surface area contributed by atoms with Crippen molar-refractivity contribution in [3.05, 3.63) is 52.7 Å². The Morgan fingerprint density at radius 3 is 2.94 bits per heavy atom. The quantitative estimate of drug-likeness (QED) is 0.893. The lowest BCUT2D eigenvalue weighted by atomic mass is 10.2. The number of aromatic carboxylic acids is 1. The molecule has 2 aromatic rings. The van der Waals surface area contributed by atoms with Crippen molar-refractivity contribution >= 4 is 23.3 Å². The van der Waals surface area contributed by atoms with Crippen LogP contribution in [0.15, 0.2) is 34.9 Å². The molecule has 0 atom stereocenters. The normalized spacial score (nSPS) is 10.3. The van der Waals surface area contributed by atoms with Gasteiger partial charge in [-0.3, -0.25) is 0 Å². The topological polar surface area (TPSA) is 62.5 Å². The summed E-state index contributed by atoms with van der Waals surface area (Å²) < 4.78 is 18.6. The van der Waals surface area contributed by atoms with Gasteiger partial charge >= 0.3 is 5.97 Å². The summed E-state index contributed by atoms with van der Waals surface area (Å²) in [6.45, 7) is 0.0614. The lowest BCUT2D eigenvalue weighted by molar-refractivity contribution is 0.0694. The second-order valence-electron chi connectivity index (χ2n) is 3.52. The largest absolute Gasteiger partial charge is 0.478 e. The number of nitrogens with one attached hydrogen (secondary N) is 1. The molecule has 0 spiro atoms. The van der Waals surface area contributed by atoms with Crippen molar-refractivity contribution in [1.29, 1.82) is 0 Å². The van der Waals surface area contributed by atoms with E-state index in [1.54, 1.807) is 6.07 Å². The molecule has 0 saturated carbocycles. The zero-order chi connectivity index (χ0) is 13.1. The Labute approximate surface area is 107 Å². The van der Waals surface area contributed by atoms with Gasteiger partial charge in [0.15, 0.2) is 5.82 Å². The molecule has 1 heterocycles. The number of carboxylic acids is 1. The smallest absolute Gasteiger partial charge is 0.339 e. The fourth-order valence-corrected chi connectivity index (χ4v) is 1.66.